The van der Waals surface area contributed by atoms with Crippen LogP contribution in [0.25, 0.3) is 0 Å². The minimum atomic E-state index is 0. The van der Waals surface area contributed by atoms with Gasteiger partial charge in [0.05, 0.1) is 0 Å². The maximum Gasteiger partial charge on any atom is 4.00 e. The molecule has 0 atom stereocenters. The Morgan fingerprint density at radius 1 is 0.621 bits per heavy atom. The minimum absolute atomic E-state index is 0. The van der Waals surface area contributed by atoms with Crippen LogP contribution in [0.1, 0.15) is 95.9 Å². The second kappa shape index (κ2) is 13.1. The van der Waals surface area contributed by atoms with E-state index in [1.807, 2.05) is 0 Å². The summed E-state index contributed by atoms with van der Waals surface area (Å²) in [4.78, 5) is 0. The summed E-state index contributed by atoms with van der Waals surface area (Å²) in [6.07, 6.45) is 9.12. The van der Waals surface area contributed by atoms with Crippen molar-refractivity contribution in [3.8, 4) is 0 Å². The topological polar surface area (TPSA) is 0 Å². The summed E-state index contributed by atoms with van der Waals surface area (Å²) in [5, 5.41) is 0. The van der Waals surface area contributed by atoms with E-state index in [1.54, 1.807) is 0 Å². The molecule has 2 aliphatic rings. The SMILES string of the molecule is CC1=C(C)C(C(C)(C)C(C)C)=[C-]C1.CC1=C(C)C(C(C)(C)C(C)C)=[C-]C1.[Cl-].[Cl-].[Zr+4]. The van der Waals surface area contributed by atoms with E-state index in [9.17, 15) is 0 Å². The van der Waals surface area contributed by atoms with E-state index in [-0.39, 0.29) is 61.8 Å². The summed E-state index contributed by atoms with van der Waals surface area (Å²) in [5.41, 5.74) is 9.37. The van der Waals surface area contributed by atoms with Crippen LogP contribution < -0.4 is 24.8 Å². The van der Waals surface area contributed by atoms with Gasteiger partial charge in [-0.15, -0.1) is 26.7 Å². The molecule has 29 heavy (non-hydrogen) atoms. The van der Waals surface area contributed by atoms with Gasteiger partial charge < -0.3 is 24.8 Å². The van der Waals surface area contributed by atoms with Crippen molar-refractivity contribution < 1.29 is 51.0 Å². The Morgan fingerprint density at radius 3 is 1.00 bits per heavy atom. The first kappa shape index (κ1) is 34.0. The number of allylic oxidation sites excluding steroid dienone is 8. The summed E-state index contributed by atoms with van der Waals surface area (Å²) in [6, 6.07) is 0. The van der Waals surface area contributed by atoms with Crippen molar-refractivity contribution in [2.45, 2.75) is 95.9 Å². The first-order chi connectivity index (χ1) is 11.7. The summed E-state index contributed by atoms with van der Waals surface area (Å²) in [5.74, 6) is 1.35. The summed E-state index contributed by atoms with van der Waals surface area (Å²) in [6.45, 7) is 27.3. The molecule has 0 radical (unpaired) electrons. The molecule has 0 amide bonds. The van der Waals surface area contributed by atoms with E-state index in [4.69, 9.17) is 0 Å². The average Bonchev–Trinajstić information content (AvgIpc) is 3.04. The van der Waals surface area contributed by atoms with Crippen LogP contribution in [0, 0.1) is 34.8 Å². The maximum atomic E-state index is 3.52. The van der Waals surface area contributed by atoms with Gasteiger partial charge >= 0.3 is 26.2 Å². The molecule has 0 aromatic rings. The number of hydrogen-bond acceptors (Lipinski definition) is 0. The van der Waals surface area contributed by atoms with Gasteiger partial charge in [-0.25, -0.2) is 11.1 Å². The molecule has 0 nitrogen and oxygen atoms in total. The van der Waals surface area contributed by atoms with Gasteiger partial charge in [-0.2, -0.15) is 22.3 Å². The molecular formula is C26H42Cl2Zr. The molecule has 3 heteroatoms. The van der Waals surface area contributed by atoms with Crippen molar-refractivity contribution in [1.29, 1.82) is 0 Å². The van der Waals surface area contributed by atoms with E-state index in [1.165, 1.54) is 33.4 Å². The second-order valence-corrected chi connectivity index (χ2v) is 10.0. The molecule has 0 unspecified atom stereocenters. The van der Waals surface area contributed by atoms with Crippen molar-refractivity contribution in [2.24, 2.45) is 22.7 Å². The predicted molar refractivity (Wildman–Crippen MR) is 117 cm³/mol. The Balaban J connectivity index is -0.000000422. The zero-order chi connectivity index (χ0) is 20.4. The molecule has 0 aromatic carbocycles. The van der Waals surface area contributed by atoms with Gasteiger partial charge in [-0.1, -0.05) is 69.2 Å². The molecular weight excluding hydrogens is 474 g/mol. The zero-order valence-electron chi connectivity index (χ0n) is 20.8. The van der Waals surface area contributed by atoms with Crippen LogP contribution in [0.4, 0.5) is 0 Å². The van der Waals surface area contributed by atoms with Gasteiger partial charge in [0.25, 0.3) is 0 Å². The molecule has 0 heterocycles. The van der Waals surface area contributed by atoms with Gasteiger partial charge in [0.15, 0.2) is 0 Å². The average molecular weight is 517 g/mol. The minimum Gasteiger partial charge on any atom is -1.00 e. The van der Waals surface area contributed by atoms with Crippen molar-refractivity contribution in [1.82, 2.24) is 0 Å². The Hall–Kier alpha value is 0.423. The Labute approximate surface area is 214 Å². The van der Waals surface area contributed by atoms with Gasteiger partial charge in [0.1, 0.15) is 0 Å². The van der Waals surface area contributed by atoms with Crippen LogP contribution in [0.2, 0.25) is 0 Å². The number of halogens is 2. The molecule has 164 valence electrons. The quantitative estimate of drug-likeness (QED) is 0.503. The van der Waals surface area contributed by atoms with Gasteiger partial charge in [-0.05, 0) is 22.7 Å². The first-order valence-corrected chi connectivity index (χ1v) is 10.3. The molecule has 0 aliphatic heterocycles. The Morgan fingerprint density at radius 2 is 0.862 bits per heavy atom. The third-order valence-electron chi connectivity index (χ3n) is 7.27. The molecule has 0 bridgehead atoms. The molecule has 0 saturated carbocycles. The van der Waals surface area contributed by atoms with E-state index < -0.39 is 0 Å². The number of hydrogen-bond donors (Lipinski definition) is 0. The smallest absolute Gasteiger partial charge is 1.00 e. The second-order valence-electron chi connectivity index (χ2n) is 10.0. The van der Waals surface area contributed by atoms with Crippen LogP contribution in [-0.4, -0.2) is 0 Å². The fourth-order valence-corrected chi connectivity index (χ4v) is 3.40. The van der Waals surface area contributed by atoms with Gasteiger partial charge in [-0.3, -0.25) is 12.2 Å². The van der Waals surface area contributed by atoms with Crippen LogP contribution in [-0.2, 0) is 26.2 Å². The van der Waals surface area contributed by atoms with Crippen LogP contribution in [0.5, 0.6) is 0 Å². The van der Waals surface area contributed by atoms with Crippen molar-refractivity contribution in [3.05, 3.63) is 45.6 Å². The molecule has 0 spiro atoms. The molecule has 0 N–H and O–H groups in total. The monoisotopic (exact) mass is 514 g/mol. The van der Waals surface area contributed by atoms with E-state index in [2.05, 4.69) is 95.2 Å². The molecule has 2 rings (SSSR count). The molecule has 0 saturated heterocycles. The molecule has 2 aliphatic carbocycles. The third-order valence-corrected chi connectivity index (χ3v) is 7.27. The molecule has 0 aromatic heterocycles. The predicted octanol–water partition coefficient (Wildman–Crippen LogP) is 2.28. The van der Waals surface area contributed by atoms with E-state index in [0.29, 0.717) is 11.8 Å². The summed E-state index contributed by atoms with van der Waals surface area (Å²) < 4.78 is 0. The zero-order valence-corrected chi connectivity index (χ0v) is 24.8. The van der Waals surface area contributed by atoms with Crippen molar-refractivity contribution >= 4 is 0 Å². The Kier molecular flexibility index (Phi) is 15.4. The fourth-order valence-electron chi connectivity index (χ4n) is 3.40. The normalized spacial score (nSPS) is 16.6. The maximum absolute atomic E-state index is 3.52. The van der Waals surface area contributed by atoms with Gasteiger partial charge in [0.2, 0.25) is 0 Å². The van der Waals surface area contributed by atoms with Crippen molar-refractivity contribution in [3.63, 3.8) is 0 Å². The number of rotatable bonds is 4. The van der Waals surface area contributed by atoms with Crippen LogP contribution in [0.15, 0.2) is 33.4 Å². The summed E-state index contributed by atoms with van der Waals surface area (Å²) >= 11 is 0. The molecule has 0 fully saturated rings. The van der Waals surface area contributed by atoms with Crippen molar-refractivity contribution in [2.75, 3.05) is 0 Å². The largest absolute Gasteiger partial charge is 4.00 e. The van der Waals surface area contributed by atoms with Crippen LogP contribution >= 0.6 is 0 Å². The third kappa shape index (κ3) is 7.81. The van der Waals surface area contributed by atoms with Gasteiger partial charge in [0, 0.05) is 0 Å². The first-order valence-electron chi connectivity index (χ1n) is 10.3. The van der Waals surface area contributed by atoms with E-state index in [0.717, 1.165) is 12.8 Å². The standard InChI is InChI=1S/2C13H21.2ClH.Zr/c2*1-9(2)13(5,6)12-8-7-10(3)11(12)4;;;/h2*9H,7H2,1-6H3;2*1H;/q2*-1;;;+4/p-2. The van der Waals surface area contributed by atoms with E-state index >= 15 is 0 Å². The summed E-state index contributed by atoms with van der Waals surface area (Å²) in [7, 11) is 0. The van der Waals surface area contributed by atoms with Crippen LogP contribution in [0.3, 0.4) is 0 Å². The fraction of sp³-hybridized carbons (Fsp3) is 0.692. The Bertz CT molecular complexity index is 598.